The summed E-state index contributed by atoms with van der Waals surface area (Å²) in [6.07, 6.45) is 0. The predicted molar refractivity (Wildman–Crippen MR) is 178 cm³/mol. The van der Waals surface area contributed by atoms with Gasteiger partial charge in [0, 0.05) is 5.41 Å². The van der Waals surface area contributed by atoms with Crippen LogP contribution >= 0.6 is 0 Å². The van der Waals surface area contributed by atoms with Gasteiger partial charge in [0.1, 0.15) is 0 Å². The van der Waals surface area contributed by atoms with Gasteiger partial charge in [0.15, 0.2) is 0 Å². The van der Waals surface area contributed by atoms with Crippen molar-refractivity contribution in [3.8, 4) is 44.5 Å². The van der Waals surface area contributed by atoms with E-state index in [1.165, 1.54) is 66.8 Å². The fourth-order valence-corrected chi connectivity index (χ4v) is 6.51. The molecular formula is C41H42. The number of benzene rings is 5. The van der Waals surface area contributed by atoms with E-state index in [1.807, 2.05) is 0 Å². The van der Waals surface area contributed by atoms with Crippen LogP contribution in [0.3, 0.4) is 0 Å². The number of hydrogen-bond acceptors (Lipinski definition) is 0. The molecule has 0 amide bonds. The number of fused-ring (bicyclic) bond motifs is 3. The molecule has 0 nitrogen and oxygen atoms in total. The maximum Gasteiger partial charge on any atom is 0.0159 e. The molecule has 0 N–H and O–H groups in total. The molecule has 1 aliphatic rings. The van der Waals surface area contributed by atoms with E-state index < -0.39 is 0 Å². The smallest absolute Gasteiger partial charge is 0.0159 e. The number of hydrogen-bond donors (Lipinski definition) is 0. The van der Waals surface area contributed by atoms with Gasteiger partial charge >= 0.3 is 0 Å². The molecule has 0 atom stereocenters. The highest BCUT2D eigenvalue weighted by Gasteiger charge is 2.39. The van der Waals surface area contributed by atoms with Crippen LogP contribution in [-0.2, 0) is 16.2 Å². The Morgan fingerprint density at radius 1 is 0.415 bits per heavy atom. The average Bonchev–Trinajstić information content (AvgIpc) is 3.18. The van der Waals surface area contributed by atoms with E-state index in [9.17, 15) is 0 Å². The molecule has 0 heterocycles. The maximum absolute atomic E-state index is 2.50. The van der Waals surface area contributed by atoms with Crippen LogP contribution in [-0.4, -0.2) is 0 Å². The van der Waals surface area contributed by atoms with Gasteiger partial charge in [-0.2, -0.15) is 0 Å². The molecule has 0 saturated carbocycles. The van der Waals surface area contributed by atoms with E-state index >= 15 is 0 Å². The normalized spacial score (nSPS) is 14.0. The summed E-state index contributed by atoms with van der Waals surface area (Å²) in [6, 6.07) is 40.8. The molecule has 0 fully saturated rings. The molecule has 0 saturated heterocycles. The van der Waals surface area contributed by atoms with Crippen LogP contribution < -0.4 is 0 Å². The van der Waals surface area contributed by atoms with E-state index in [4.69, 9.17) is 0 Å². The van der Waals surface area contributed by atoms with Gasteiger partial charge in [-0.05, 0) is 83.7 Å². The lowest BCUT2D eigenvalue weighted by Crippen LogP contribution is -2.19. The van der Waals surface area contributed by atoms with Crippen molar-refractivity contribution < 1.29 is 0 Å². The van der Waals surface area contributed by atoms with Crippen molar-refractivity contribution in [3.05, 3.63) is 131 Å². The van der Waals surface area contributed by atoms with Crippen molar-refractivity contribution in [2.24, 2.45) is 0 Å². The molecule has 0 aliphatic heterocycles. The first-order chi connectivity index (χ1) is 19.4. The third-order valence-corrected chi connectivity index (χ3v) is 9.01. The zero-order chi connectivity index (χ0) is 29.2. The van der Waals surface area contributed by atoms with Crippen LogP contribution in [0.5, 0.6) is 0 Å². The molecule has 0 bridgehead atoms. The molecule has 0 radical (unpaired) electrons. The van der Waals surface area contributed by atoms with E-state index in [1.54, 1.807) is 0 Å². The molecule has 41 heavy (non-hydrogen) atoms. The Kier molecular flexibility index (Phi) is 6.38. The second kappa shape index (κ2) is 9.59. The van der Waals surface area contributed by atoms with Crippen molar-refractivity contribution >= 4 is 0 Å². The van der Waals surface area contributed by atoms with Gasteiger partial charge in [0.2, 0.25) is 0 Å². The molecule has 0 aromatic heterocycles. The van der Waals surface area contributed by atoms with E-state index in [-0.39, 0.29) is 16.2 Å². The zero-order valence-electron chi connectivity index (χ0n) is 25.9. The fraction of sp³-hybridized carbons (Fsp3) is 0.268. The lowest BCUT2D eigenvalue weighted by Gasteiger charge is -2.28. The summed E-state index contributed by atoms with van der Waals surface area (Å²) in [5.41, 5.74) is 16.1. The van der Waals surface area contributed by atoms with Gasteiger partial charge in [-0.25, -0.2) is 0 Å². The first kappa shape index (κ1) is 27.3. The van der Waals surface area contributed by atoms with Gasteiger partial charge in [-0.15, -0.1) is 0 Å². The van der Waals surface area contributed by atoms with Crippen molar-refractivity contribution in [1.82, 2.24) is 0 Å². The molecule has 5 aromatic rings. The Hall–Kier alpha value is -3.90. The Morgan fingerprint density at radius 2 is 0.927 bits per heavy atom. The minimum absolute atomic E-state index is 0.0137. The van der Waals surface area contributed by atoms with Crippen molar-refractivity contribution in [3.63, 3.8) is 0 Å². The van der Waals surface area contributed by atoms with Crippen LogP contribution in [0.2, 0.25) is 0 Å². The first-order valence-electron chi connectivity index (χ1n) is 15.0. The Balaban J connectivity index is 1.77. The molecule has 6 rings (SSSR count). The molecule has 206 valence electrons. The highest BCUT2D eigenvalue weighted by Crippen LogP contribution is 2.56. The Morgan fingerprint density at radius 3 is 1.44 bits per heavy atom. The summed E-state index contributed by atoms with van der Waals surface area (Å²) in [5.74, 6) is 0. The SMILES string of the molecule is CC(C)(C)c1ccc2c(c1)C(C)(C)c1cc(C(C)(C)C)cc(-c3c(-c4ccccc4)cccc3-c3ccccc3)c1-2. The van der Waals surface area contributed by atoms with Gasteiger partial charge in [0.25, 0.3) is 0 Å². The second-order valence-corrected chi connectivity index (χ2v) is 14.3. The molecule has 0 heteroatoms. The highest BCUT2D eigenvalue weighted by atomic mass is 14.4. The van der Waals surface area contributed by atoms with Crippen molar-refractivity contribution in [1.29, 1.82) is 0 Å². The second-order valence-electron chi connectivity index (χ2n) is 14.3. The summed E-state index contributed by atoms with van der Waals surface area (Å²) in [6.45, 7) is 18.8. The molecular weight excluding hydrogens is 492 g/mol. The third-order valence-electron chi connectivity index (χ3n) is 9.01. The van der Waals surface area contributed by atoms with Gasteiger partial charge in [0.05, 0.1) is 0 Å². The molecule has 0 unspecified atom stereocenters. The third kappa shape index (κ3) is 4.64. The average molecular weight is 535 g/mol. The largest absolute Gasteiger partial charge is 0.0622 e. The Bertz CT molecular complexity index is 1680. The van der Waals surface area contributed by atoms with E-state index in [0.717, 1.165) is 0 Å². The first-order valence-corrected chi connectivity index (χ1v) is 15.0. The van der Waals surface area contributed by atoms with Gasteiger partial charge in [-0.3, -0.25) is 0 Å². The lowest BCUT2D eigenvalue weighted by atomic mass is 9.75. The highest BCUT2D eigenvalue weighted by molar-refractivity contribution is 6.02. The quantitative estimate of drug-likeness (QED) is 0.216. The van der Waals surface area contributed by atoms with E-state index in [0.29, 0.717) is 0 Å². The Labute approximate surface area is 247 Å². The van der Waals surface area contributed by atoms with Crippen LogP contribution in [0.15, 0.2) is 109 Å². The van der Waals surface area contributed by atoms with Gasteiger partial charge < -0.3 is 0 Å². The van der Waals surface area contributed by atoms with Crippen LogP contribution in [0, 0.1) is 0 Å². The molecule has 0 spiro atoms. The fourth-order valence-electron chi connectivity index (χ4n) is 6.51. The minimum atomic E-state index is -0.101. The summed E-state index contributed by atoms with van der Waals surface area (Å²) in [4.78, 5) is 0. The minimum Gasteiger partial charge on any atom is -0.0622 e. The van der Waals surface area contributed by atoms with Crippen LogP contribution in [0.1, 0.15) is 77.6 Å². The van der Waals surface area contributed by atoms with E-state index in [2.05, 4.69) is 165 Å². The van der Waals surface area contributed by atoms with Crippen molar-refractivity contribution in [2.45, 2.75) is 71.6 Å². The standard InChI is InChI=1S/C41H42/c1-39(2,3)29-22-23-33-35(25-29)41(7,8)36-26-30(40(4,5)6)24-34(38(33)36)37-31(27-16-11-9-12-17-27)20-15-21-32(37)28-18-13-10-14-19-28/h9-26H,1-8H3. The maximum atomic E-state index is 2.50. The summed E-state index contributed by atoms with van der Waals surface area (Å²) >= 11 is 0. The molecule has 5 aromatic carbocycles. The van der Waals surface area contributed by atoms with Crippen molar-refractivity contribution in [2.75, 3.05) is 0 Å². The summed E-state index contributed by atoms with van der Waals surface area (Å²) < 4.78 is 0. The zero-order valence-corrected chi connectivity index (χ0v) is 25.9. The number of rotatable bonds is 3. The predicted octanol–water partition coefficient (Wildman–Crippen LogP) is 11.6. The molecule has 1 aliphatic carbocycles. The summed E-state index contributed by atoms with van der Waals surface area (Å²) in [7, 11) is 0. The topological polar surface area (TPSA) is 0 Å². The van der Waals surface area contributed by atoms with Crippen LogP contribution in [0.4, 0.5) is 0 Å². The van der Waals surface area contributed by atoms with Crippen LogP contribution in [0.25, 0.3) is 44.5 Å². The lowest BCUT2D eigenvalue weighted by molar-refractivity contribution is 0.580. The summed E-state index contributed by atoms with van der Waals surface area (Å²) in [5, 5.41) is 0. The van der Waals surface area contributed by atoms with Gasteiger partial charge in [-0.1, -0.05) is 159 Å². The monoisotopic (exact) mass is 534 g/mol.